The van der Waals surface area contributed by atoms with Crippen molar-refractivity contribution in [2.75, 3.05) is 5.73 Å². The van der Waals surface area contributed by atoms with E-state index in [1.807, 2.05) is 0 Å². The number of hydrogen-bond acceptors (Lipinski definition) is 3. The summed E-state index contributed by atoms with van der Waals surface area (Å²) in [6.07, 6.45) is 2.27. The van der Waals surface area contributed by atoms with Crippen LogP contribution in [0, 0.1) is 11.6 Å². The first kappa shape index (κ1) is 13.2. The molecule has 1 aliphatic carbocycles. The Balaban J connectivity index is 2.41. The molecule has 1 fully saturated rings. The van der Waals surface area contributed by atoms with Crippen molar-refractivity contribution >= 4 is 15.7 Å². The molecule has 1 aliphatic rings. The van der Waals surface area contributed by atoms with Gasteiger partial charge >= 0.3 is 0 Å². The monoisotopic (exact) mass is 276 g/mol. The molecule has 4 nitrogen and oxygen atoms in total. The fourth-order valence-corrected chi connectivity index (χ4v) is 3.56. The van der Waals surface area contributed by atoms with Gasteiger partial charge in [-0.1, -0.05) is 0 Å². The number of nitrogen functional groups attached to an aromatic ring is 1. The standard InChI is InChI=1S/C11H14F2N2O2S/c1-11(3-2-4-11)15-18(16,17)9-6-7(14)5-8(12)10(9)13/h5-6,15H,2-4,14H2,1H3. The van der Waals surface area contributed by atoms with Crippen LogP contribution < -0.4 is 10.5 Å². The lowest BCUT2D eigenvalue weighted by Crippen LogP contribution is -2.50. The third kappa shape index (κ3) is 2.32. The van der Waals surface area contributed by atoms with Gasteiger partial charge in [0.15, 0.2) is 11.6 Å². The Morgan fingerprint density at radius 3 is 2.44 bits per heavy atom. The predicted molar refractivity (Wildman–Crippen MR) is 63.3 cm³/mol. The second-order valence-electron chi connectivity index (χ2n) is 4.83. The fraction of sp³-hybridized carbons (Fsp3) is 0.455. The highest BCUT2D eigenvalue weighted by Gasteiger charge is 2.37. The van der Waals surface area contributed by atoms with Crippen LogP contribution in [0.25, 0.3) is 0 Å². The molecule has 18 heavy (non-hydrogen) atoms. The normalized spacial score (nSPS) is 18.4. The van der Waals surface area contributed by atoms with Crippen molar-refractivity contribution in [1.29, 1.82) is 0 Å². The molecule has 1 aromatic rings. The molecule has 0 atom stereocenters. The summed E-state index contributed by atoms with van der Waals surface area (Å²) in [6, 6.07) is 1.67. The minimum Gasteiger partial charge on any atom is -0.399 e. The van der Waals surface area contributed by atoms with Gasteiger partial charge in [0.2, 0.25) is 10.0 Å². The summed E-state index contributed by atoms with van der Waals surface area (Å²) in [5.41, 5.74) is 4.63. The molecule has 7 heteroatoms. The molecule has 0 radical (unpaired) electrons. The minimum absolute atomic E-state index is 0.131. The van der Waals surface area contributed by atoms with E-state index in [1.165, 1.54) is 0 Å². The molecule has 0 heterocycles. The molecular weight excluding hydrogens is 262 g/mol. The molecule has 0 saturated heterocycles. The lowest BCUT2D eigenvalue weighted by molar-refractivity contribution is 0.247. The smallest absolute Gasteiger partial charge is 0.244 e. The van der Waals surface area contributed by atoms with Crippen LogP contribution in [0.15, 0.2) is 17.0 Å². The first-order chi connectivity index (χ1) is 8.23. The van der Waals surface area contributed by atoms with Crippen molar-refractivity contribution in [3.8, 4) is 0 Å². The van der Waals surface area contributed by atoms with Gasteiger partial charge in [-0.2, -0.15) is 0 Å². The first-order valence-corrected chi connectivity index (χ1v) is 7.00. The van der Waals surface area contributed by atoms with Gasteiger partial charge in [-0.15, -0.1) is 0 Å². The number of hydrogen-bond donors (Lipinski definition) is 2. The van der Waals surface area contributed by atoms with Crippen LogP contribution in [0.4, 0.5) is 14.5 Å². The van der Waals surface area contributed by atoms with Crippen LogP contribution in [0.3, 0.4) is 0 Å². The van der Waals surface area contributed by atoms with E-state index in [4.69, 9.17) is 5.73 Å². The van der Waals surface area contributed by atoms with Crippen molar-refractivity contribution in [3.63, 3.8) is 0 Å². The molecule has 0 bridgehead atoms. The van der Waals surface area contributed by atoms with Gasteiger partial charge in [0.05, 0.1) is 0 Å². The van der Waals surface area contributed by atoms with Crippen LogP contribution in [0.2, 0.25) is 0 Å². The second-order valence-corrected chi connectivity index (χ2v) is 6.49. The number of rotatable bonds is 3. The maximum absolute atomic E-state index is 13.5. The third-order valence-corrected chi connectivity index (χ3v) is 4.78. The highest BCUT2D eigenvalue weighted by Crippen LogP contribution is 2.33. The number of benzene rings is 1. The first-order valence-electron chi connectivity index (χ1n) is 5.52. The van der Waals surface area contributed by atoms with E-state index in [0.29, 0.717) is 12.8 Å². The SMILES string of the molecule is CC1(NS(=O)(=O)c2cc(N)cc(F)c2F)CCC1. The Labute approximate surface area is 104 Å². The van der Waals surface area contributed by atoms with Crippen LogP contribution in [-0.2, 0) is 10.0 Å². The fourth-order valence-electron chi connectivity index (χ4n) is 1.97. The van der Waals surface area contributed by atoms with Gasteiger partial charge in [-0.25, -0.2) is 21.9 Å². The maximum atomic E-state index is 13.5. The average molecular weight is 276 g/mol. The molecule has 2 rings (SSSR count). The maximum Gasteiger partial charge on any atom is 0.244 e. The van der Waals surface area contributed by atoms with Gasteiger partial charge in [-0.05, 0) is 38.3 Å². The Morgan fingerprint density at radius 1 is 1.33 bits per heavy atom. The van der Waals surface area contributed by atoms with Crippen molar-refractivity contribution in [3.05, 3.63) is 23.8 Å². The summed E-state index contributed by atoms with van der Waals surface area (Å²) < 4.78 is 53.1. The molecular formula is C11H14F2N2O2S. The van der Waals surface area contributed by atoms with E-state index < -0.39 is 32.1 Å². The molecule has 0 unspecified atom stereocenters. The van der Waals surface area contributed by atoms with E-state index in [1.54, 1.807) is 6.92 Å². The van der Waals surface area contributed by atoms with Gasteiger partial charge in [0.1, 0.15) is 4.90 Å². The summed E-state index contributed by atoms with van der Waals surface area (Å²) in [4.78, 5) is -0.742. The summed E-state index contributed by atoms with van der Waals surface area (Å²) in [5.74, 6) is -2.67. The lowest BCUT2D eigenvalue weighted by atomic mass is 9.80. The minimum atomic E-state index is -4.10. The number of nitrogens with two attached hydrogens (primary N) is 1. The number of halogens is 2. The van der Waals surface area contributed by atoms with Gasteiger partial charge in [0.25, 0.3) is 0 Å². The molecule has 0 amide bonds. The molecule has 0 spiro atoms. The zero-order valence-electron chi connectivity index (χ0n) is 9.83. The summed E-state index contributed by atoms with van der Waals surface area (Å²) >= 11 is 0. The van der Waals surface area contributed by atoms with E-state index in [-0.39, 0.29) is 5.69 Å². The van der Waals surface area contributed by atoms with E-state index in [9.17, 15) is 17.2 Å². The zero-order valence-corrected chi connectivity index (χ0v) is 10.7. The number of nitrogens with one attached hydrogen (secondary N) is 1. The Morgan fingerprint density at radius 2 is 1.94 bits per heavy atom. The Bertz CT molecular complexity index is 583. The van der Waals surface area contributed by atoms with Gasteiger partial charge < -0.3 is 5.73 Å². The van der Waals surface area contributed by atoms with E-state index >= 15 is 0 Å². The van der Waals surface area contributed by atoms with Crippen molar-refractivity contribution < 1.29 is 17.2 Å². The van der Waals surface area contributed by atoms with Crippen LogP contribution in [0.5, 0.6) is 0 Å². The highest BCUT2D eigenvalue weighted by molar-refractivity contribution is 7.89. The number of anilines is 1. The molecule has 0 aromatic heterocycles. The quantitative estimate of drug-likeness (QED) is 0.826. The highest BCUT2D eigenvalue weighted by atomic mass is 32.2. The van der Waals surface area contributed by atoms with Crippen molar-refractivity contribution in [2.24, 2.45) is 0 Å². The molecule has 1 aromatic carbocycles. The summed E-state index contributed by atoms with van der Waals surface area (Å²) in [6.45, 7) is 1.73. The van der Waals surface area contributed by atoms with Gasteiger partial charge in [-0.3, -0.25) is 0 Å². The molecule has 1 saturated carbocycles. The third-order valence-electron chi connectivity index (χ3n) is 3.14. The predicted octanol–water partition coefficient (Wildman–Crippen LogP) is 1.77. The Hall–Kier alpha value is -1.21. The topological polar surface area (TPSA) is 72.2 Å². The second kappa shape index (κ2) is 4.17. The van der Waals surface area contributed by atoms with E-state index in [2.05, 4.69) is 4.72 Å². The van der Waals surface area contributed by atoms with Crippen molar-refractivity contribution in [1.82, 2.24) is 4.72 Å². The van der Waals surface area contributed by atoms with Crippen molar-refractivity contribution in [2.45, 2.75) is 36.6 Å². The van der Waals surface area contributed by atoms with Crippen LogP contribution in [-0.4, -0.2) is 14.0 Å². The van der Waals surface area contributed by atoms with E-state index in [0.717, 1.165) is 18.6 Å². The van der Waals surface area contributed by atoms with Gasteiger partial charge in [0, 0.05) is 11.2 Å². The summed E-state index contributed by atoms with van der Waals surface area (Å²) in [5, 5.41) is 0. The Kier molecular flexibility index (Phi) is 3.06. The largest absolute Gasteiger partial charge is 0.399 e. The summed E-state index contributed by atoms with van der Waals surface area (Å²) in [7, 11) is -4.10. The van der Waals surface area contributed by atoms with Crippen LogP contribution >= 0.6 is 0 Å². The molecule has 0 aliphatic heterocycles. The molecule has 3 N–H and O–H groups in total. The van der Waals surface area contributed by atoms with Crippen LogP contribution in [0.1, 0.15) is 26.2 Å². The lowest BCUT2D eigenvalue weighted by Gasteiger charge is -2.38. The molecule has 100 valence electrons. The average Bonchev–Trinajstić information content (AvgIpc) is 2.20. The number of sulfonamides is 1. The zero-order chi connectivity index (χ0) is 13.6.